The summed E-state index contributed by atoms with van der Waals surface area (Å²) in [4.78, 5) is 12.7. The Hall–Kier alpha value is -2.79. The summed E-state index contributed by atoms with van der Waals surface area (Å²) in [5.74, 6) is 1.83. The fourth-order valence-electron chi connectivity index (χ4n) is 5.50. The number of hydrogen-bond donors (Lipinski definition) is 2. The largest absolute Gasteiger partial charge is 0.341 e. The first-order valence-corrected chi connectivity index (χ1v) is 14.1. The number of rotatable bonds is 6. The molecule has 184 valence electrons. The maximum absolute atomic E-state index is 13.3. The Morgan fingerprint density at radius 2 is 2.00 bits per heavy atom. The Labute approximate surface area is 207 Å². The maximum Gasteiger partial charge on any atom is 0.282 e. The zero-order valence-corrected chi connectivity index (χ0v) is 21.2. The van der Waals surface area contributed by atoms with Crippen molar-refractivity contribution in [3.63, 3.8) is 0 Å². The van der Waals surface area contributed by atoms with Crippen molar-refractivity contribution in [1.82, 2.24) is 28.8 Å². The second-order valence-corrected chi connectivity index (χ2v) is 12.4. The Kier molecular flexibility index (Phi) is 5.44. The minimum atomic E-state index is -3.53. The normalized spacial score (nSPS) is 25.5. The van der Waals surface area contributed by atoms with E-state index in [2.05, 4.69) is 26.5 Å². The van der Waals surface area contributed by atoms with Crippen molar-refractivity contribution in [2.75, 3.05) is 30.4 Å². The second-order valence-electron chi connectivity index (χ2n) is 9.67. The van der Waals surface area contributed by atoms with Crippen LogP contribution in [0.1, 0.15) is 31.4 Å². The van der Waals surface area contributed by atoms with E-state index in [1.165, 1.54) is 4.31 Å². The Morgan fingerprint density at radius 3 is 2.66 bits per heavy atom. The van der Waals surface area contributed by atoms with E-state index >= 15 is 0 Å². The predicted octanol–water partition coefficient (Wildman–Crippen LogP) is 2.60. The first-order chi connectivity index (χ1) is 16.8. The van der Waals surface area contributed by atoms with Gasteiger partial charge in [-0.1, -0.05) is 0 Å². The molecule has 11 nitrogen and oxygen atoms in total. The van der Waals surface area contributed by atoms with Crippen molar-refractivity contribution in [2.24, 2.45) is 5.92 Å². The number of nitrogens with one attached hydrogen (secondary N) is 2. The molecule has 6 heterocycles. The summed E-state index contributed by atoms with van der Waals surface area (Å²) in [6, 6.07) is 6.15. The molecule has 0 amide bonds. The zero-order chi connectivity index (χ0) is 24.3. The quantitative estimate of drug-likeness (QED) is 0.514. The van der Waals surface area contributed by atoms with Crippen molar-refractivity contribution >= 4 is 49.3 Å². The van der Waals surface area contributed by atoms with E-state index in [1.54, 1.807) is 15.6 Å². The molecule has 3 aromatic rings. The monoisotopic (exact) mass is 513 g/mol. The Balaban J connectivity index is 1.23. The molecule has 2 N–H and O–H groups in total. The Morgan fingerprint density at radius 1 is 1.26 bits per heavy atom. The molecule has 0 aromatic carbocycles. The first-order valence-electron chi connectivity index (χ1n) is 11.8. The van der Waals surface area contributed by atoms with Crippen molar-refractivity contribution in [3.05, 3.63) is 23.2 Å². The predicted molar refractivity (Wildman–Crippen MR) is 134 cm³/mol. The van der Waals surface area contributed by atoms with Crippen LogP contribution in [-0.4, -0.2) is 75.5 Å². The molecule has 0 saturated carbocycles. The van der Waals surface area contributed by atoms with E-state index in [1.807, 2.05) is 31.5 Å². The van der Waals surface area contributed by atoms with Crippen LogP contribution >= 0.6 is 11.3 Å². The number of aryl methyl sites for hydroxylation is 1. The number of nitrogens with zero attached hydrogens (tertiary/aromatic N) is 7. The number of fused-ring (bicyclic) bond motifs is 3. The summed E-state index contributed by atoms with van der Waals surface area (Å²) in [5, 5.41) is 22.5. The van der Waals surface area contributed by atoms with Gasteiger partial charge in [0.15, 0.2) is 5.82 Å². The van der Waals surface area contributed by atoms with Crippen molar-refractivity contribution in [1.29, 1.82) is 5.26 Å². The lowest BCUT2D eigenvalue weighted by atomic mass is 9.99. The third-order valence-corrected chi connectivity index (χ3v) is 10.3. The maximum atomic E-state index is 13.3. The summed E-state index contributed by atoms with van der Waals surface area (Å²) >= 11 is 1.56. The lowest BCUT2D eigenvalue weighted by Gasteiger charge is -2.45. The number of nitriles is 1. The molecular weight excluding hydrogens is 486 g/mol. The fourth-order valence-corrected chi connectivity index (χ4v) is 8.40. The SMILES string of the molecule is Cc1cc(Nc2nc(N(C)C3C[C@H]4CC[C@@H](C3)N4S(=O)(=O)N3CC(C#N)C3)nc3sccc23)n[nH]1. The molecule has 6 rings (SSSR count). The zero-order valence-electron chi connectivity index (χ0n) is 19.5. The van der Waals surface area contributed by atoms with Gasteiger partial charge in [0.05, 0.1) is 17.4 Å². The van der Waals surface area contributed by atoms with E-state index in [9.17, 15) is 8.42 Å². The molecule has 3 aliphatic heterocycles. The van der Waals surface area contributed by atoms with Crippen LogP contribution in [0.2, 0.25) is 0 Å². The van der Waals surface area contributed by atoms with Crippen molar-refractivity contribution in [3.8, 4) is 6.07 Å². The van der Waals surface area contributed by atoms with Gasteiger partial charge < -0.3 is 10.2 Å². The molecule has 35 heavy (non-hydrogen) atoms. The van der Waals surface area contributed by atoms with Gasteiger partial charge in [0.1, 0.15) is 10.6 Å². The smallest absolute Gasteiger partial charge is 0.282 e. The molecule has 3 fully saturated rings. The van der Waals surface area contributed by atoms with Crippen molar-refractivity contribution < 1.29 is 8.42 Å². The minimum Gasteiger partial charge on any atom is -0.341 e. The first kappa shape index (κ1) is 22.7. The standard InChI is InChI=1S/C22H27N9O2S2/c1-13-7-19(28-27-13)24-20-18-5-6-34-21(18)26-22(25-20)29(2)17-8-15-3-4-16(9-17)31(15)35(32,33)30-11-14(10-23)12-30/h5-7,14-17H,3-4,8-9,11-12H2,1-2H3,(H2,24,25,26,27,28)/t15-,16+,17?. The number of thiophene rings is 1. The van der Waals surface area contributed by atoms with Gasteiger partial charge in [0.25, 0.3) is 10.2 Å². The molecule has 3 aromatic heterocycles. The van der Waals surface area contributed by atoms with Gasteiger partial charge in [0.2, 0.25) is 5.95 Å². The highest BCUT2D eigenvalue weighted by atomic mass is 32.2. The topological polar surface area (TPSA) is 134 Å². The van der Waals surface area contributed by atoms with Crippen LogP contribution < -0.4 is 10.2 Å². The summed E-state index contributed by atoms with van der Waals surface area (Å²) < 4.78 is 29.7. The van der Waals surface area contributed by atoms with Gasteiger partial charge in [-0.15, -0.1) is 11.3 Å². The molecule has 3 saturated heterocycles. The molecule has 1 unspecified atom stereocenters. The molecule has 0 spiro atoms. The third-order valence-electron chi connectivity index (χ3n) is 7.39. The fraction of sp³-hybridized carbons (Fsp3) is 0.545. The highest BCUT2D eigenvalue weighted by molar-refractivity contribution is 7.86. The minimum absolute atomic E-state index is 0.0394. The summed E-state index contributed by atoms with van der Waals surface area (Å²) in [5.41, 5.74) is 0.957. The third kappa shape index (κ3) is 3.85. The van der Waals surface area contributed by atoms with Crippen LogP contribution in [-0.2, 0) is 10.2 Å². The van der Waals surface area contributed by atoms with Gasteiger partial charge in [-0.05, 0) is 44.1 Å². The van der Waals surface area contributed by atoms with Crippen LogP contribution in [0.15, 0.2) is 17.5 Å². The number of H-pyrrole nitrogens is 1. The van der Waals surface area contributed by atoms with Gasteiger partial charge in [-0.25, -0.2) is 4.98 Å². The lowest BCUT2D eigenvalue weighted by Crippen LogP contribution is -2.60. The van der Waals surface area contributed by atoms with E-state index < -0.39 is 10.2 Å². The second kappa shape index (κ2) is 8.41. The van der Waals surface area contributed by atoms with E-state index in [0.29, 0.717) is 30.7 Å². The molecule has 13 heteroatoms. The van der Waals surface area contributed by atoms with Crippen molar-refractivity contribution in [2.45, 2.75) is 50.7 Å². The van der Waals surface area contributed by atoms with Crippen LogP contribution in [0.4, 0.5) is 17.6 Å². The van der Waals surface area contributed by atoms with Gasteiger partial charge in [-0.2, -0.15) is 32.4 Å². The average molecular weight is 514 g/mol. The van der Waals surface area contributed by atoms with E-state index in [4.69, 9.17) is 15.2 Å². The van der Waals surface area contributed by atoms with E-state index in [-0.39, 0.29) is 24.0 Å². The average Bonchev–Trinajstić information content (AvgIpc) is 3.50. The van der Waals surface area contributed by atoms with Crippen LogP contribution in [0.5, 0.6) is 0 Å². The summed E-state index contributed by atoms with van der Waals surface area (Å²) in [6.45, 7) is 2.55. The van der Waals surface area contributed by atoms with Crippen LogP contribution in [0, 0.1) is 24.2 Å². The highest BCUT2D eigenvalue weighted by Crippen LogP contribution is 2.42. The molecule has 2 bridgehead atoms. The summed E-state index contributed by atoms with van der Waals surface area (Å²) in [6.07, 6.45) is 3.18. The molecule has 3 aliphatic rings. The van der Waals surface area contributed by atoms with E-state index in [0.717, 1.165) is 41.6 Å². The lowest BCUT2D eigenvalue weighted by molar-refractivity contribution is 0.177. The number of hydrogen-bond acceptors (Lipinski definition) is 9. The van der Waals surface area contributed by atoms with Gasteiger partial charge in [0, 0.05) is 50.0 Å². The Bertz CT molecular complexity index is 1390. The number of aromatic amines is 1. The van der Waals surface area contributed by atoms with Gasteiger partial charge in [-0.3, -0.25) is 5.10 Å². The number of anilines is 3. The number of aromatic nitrogens is 4. The summed E-state index contributed by atoms with van der Waals surface area (Å²) in [7, 11) is -1.53. The molecule has 3 atom stereocenters. The molecule has 0 radical (unpaired) electrons. The number of piperidine rings is 1. The van der Waals surface area contributed by atoms with Gasteiger partial charge >= 0.3 is 0 Å². The van der Waals surface area contributed by atoms with Crippen LogP contribution in [0.3, 0.4) is 0 Å². The molecular formula is C22H27N9O2S2. The highest BCUT2D eigenvalue weighted by Gasteiger charge is 2.51. The van der Waals surface area contributed by atoms with Crippen LogP contribution in [0.25, 0.3) is 10.2 Å². The molecule has 0 aliphatic carbocycles.